The molecule has 0 bridgehead atoms. The lowest BCUT2D eigenvalue weighted by molar-refractivity contribution is 0.0594. The van der Waals surface area contributed by atoms with Crippen LogP contribution in [-0.4, -0.2) is 41.2 Å². The molecule has 128 valence electrons. The first kappa shape index (κ1) is 16.6. The highest BCUT2D eigenvalue weighted by atomic mass is 32.1. The van der Waals surface area contributed by atoms with Crippen LogP contribution in [0.4, 0.5) is 5.82 Å². The van der Waals surface area contributed by atoms with E-state index in [0.717, 1.165) is 35.1 Å². The molecule has 7 nitrogen and oxygen atoms in total. The Hall–Kier alpha value is -2.22. The molecule has 0 radical (unpaired) electrons. The van der Waals surface area contributed by atoms with Crippen LogP contribution < -0.4 is 9.64 Å². The molecule has 0 amide bonds. The van der Waals surface area contributed by atoms with Crippen molar-refractivity contribution in [3.05, 3.63) is 28.0 Å². The van der Waals surface area contributed by atoms with E-state index in [1.54, 1.807) is 0 Å². The molecule has 0 aliphatic carbocycles. The summed E-state index contributed by atoms with van der Waals surface area (Å²) in [5, 5.41) is 0.918. The SMILES string of the molecule is CCOc1cc(N2CCCC2c2nc(C(=O)OC)c(C)s2)ncn1. The molecule has 0 N–H and O–H groups in total. The Balaban J connectivity index is 1.88. The van der Waals surface area contributed by atoms with Crippen molar-refractivity contribution in [3.8, 4) is 5.88 Å². The van der Waals surface area contributed by atoms with Crippen molar-refractivity contribution in [2.45, 2.75) is 32.7 Å². The Bertz CT molecular complexity index is 734. The van der Waals surface area contributed by atoms with Gasteiger partial charge in [-0.1, -0.05) is 0 Å². The highest BCUT2D eigenvalue weighted by molar-refractivity contribution is 7.12. The van der Waals surface area contributed by atoms with E-state index in [1.165, 1.54) is 24.8 Å². The van der Waals surface area contributed by atoms with Gasteiger partial charge in [0.25, 0.3) is 0 Å². The van der Waals surface area contributed by atoms with Crippen molar-refractivity contribution in [1.29, 1.82) is 0 Å². The van der Waals surface area contributed by atoms with Crippen LogP contribution in [0.5, 0.6) is 5.88 Å². The van der Waals surface area contributed by atoms with E-state index < -0.39 is 0 Å². The van der Waals surface area contributed by atoms with Gasteiger partial charge in [0.15, 0.2) is 5.69 Å². The summed E-state index contributed by atoms with van der Waals surface area (Å²) in [6.07, 6.45) is 3.54. The third-order valence-corrected chi connectivity index (χ3v) is 5.02. The number of ether oxygens (including phenoxy) is 2. The second-order valence-electron chi connectivity index (χ2n) is 5.45. The Morgan fingerprint density at radius 1 is 1.46 bits per heavy atom. The van der Waals surface area contributed by atoms with Crippen molar-refractivity contribution < 1.29 is 14.3 Å². The number of hydrogen-bond acceptors (Lipinski definition) is 8. The van der Waals surface area contributed by atoms with Crippen molar-refractivity contribution in [2.75, 3.05) is 25.2 Å². The van der Waals surface area contributed by atoms with E-state index in [-0.39, 0.29) is 12.0 Å². The molecular formula is C16H20N4O3S. The molecule has 3 heterocycles. The van der Waals surface area contributed by atoms with Crippen LogP contribution in [0.3, 0.4) is 0 Å². The summed E-state index contributed by atoms with van der Waals surface area (Å²) in [5.41, 5.74) is 0.405. The summed E-state index contributed by atoms with van der Waals surface area (Å²) in [6, 6.07) is 1.96. The summed E-state index contributed by atoms with van der Waals surface area (Å²) in [7, 11) is 1.37. The fourth-order valence-electron chi connectivity index (χ4n) is 2.86. The van der Waals surface area contributed by atoms with Gasteiger partial charge in [-0.15, -0.1) is 11.3 Å². The molecule has 0 spiro atoms. The average molecular weight is 348 g/mol. The predicted molar refractivity (Wildman–Crippen MR) is 90.7 cm³/mol. The zero-order chi connectivity index (χ0) is 17.1. The monoisotopic (exact) mass is 348 g/mol. The maximum Gasteiger partial charge on any atom is 0.357 e. The van der Waals surface area contributed by atoms with Gasteiger partial charge in [0.2, 0.25) is 5.88 Å². The average Bonchev–Trinajstić information content (AvgIpc) is 3.21. The van der Waals surface area contributed by atoms with E-state index in [2.05, 4.69) is 19.9 Å². The van der Waals surface area contributed by atoms with Gasteiger partial charge >= 0.3 is 5.97 Å². The van der Waals surface area contributed by atoms with Crippen LogP contribution >= 0.6 is 11.3 Å². The molecule has 0 aromatic carbocycles. The molecule has 1 saturated heterocycles. The number of carbonyl (C=O) groups is 1. The topological polar surface area (TPSA) is 77.4 Å². The van der Waals surface area contributed by atoms with Crippen molar-refractivity contribution in [2.24, 2.45) is 0 Å². The first-order chi connectivity index (χ1) is 11.6. The van der Waals surface area contributed by atoms with E-state index in [1.807, 2.05) is 19.9 Å². The van der Waals surface area contributed by atoms with Gasteiger partial charge in [0.1, 0.15) is 17.2 Å². The minimum Gasteiger partial charge on any atom is -0.478 e. The zero-order valence-electron chi connectivity index (χ0n) is 14.0. The summed E-state index contributed by atoms with van der Waals surface area (Å²) in [4.78, 5) is 27.9. The summed E-state index contributed by atoms with van der Waals surface area (Å²) in [6.45, 7) is 5.27. The number of aromatic nitrogens is 3. The molecular weight excluding hydrogens is 328 g/mol. The maximum absolute atomic E-state index is 11.8. The lowest BCUT2D eigenvalue weighted by Gasteiger charge is -2.24. The number of anilines is 1. The molecule has 2 aromatic heterocycles. The van der Waals surface area contributed by atoms with Gasteiger partial charge in [-0.2, -0.15) is 0 Å². The van der Waals surface area contributed by atoms with Gasteiger partial charge in [-0.3, -0.25) is 0 Å². The number of aryl methyl sites for hydroxylation is 1. The smallest absolute Gasteiger partial charge is 0.357 e. The Morgan fingerprint density at radius 3 is 3.04 bits per heavy atom. The van der Waals surface area contributed by atoms with E-state index in [0.29, 0.717) is 18.2 Å². The van der Waals surface area contributed by atoms with Gasteiger partial charge < -0.3 is 14.4 Å². The number of thiazole rings is 1. The lowest BCUT2D eigenvalue weighted by atomic mass is 10.2. The molecule has 3 rings (SSSR count). The number of hydrogen-bond donors (Lipinski definition) is 0. The van der Waals surface area contributed by atoms with Gasteiger partial charge in [0, 0.05) is 17.5 Å². The van der Waals surface area contributed by atoms with Crippen molar-refractivity contribution in [3.63, 3.8) is 0 Å². The Morgan fingerprint density at radius 2 is 2.29 bits per heavy atom. The lowest BCUT2D eigenvalue weighted by Crippen LogP contribution is -2.23. The summed E-state index contributed by atoms with van der Waals surface area (Å²) >= 11 is 1.54. The molecule has 8 heteroatoms. The fraction of sp³-hybridized carbons (Fsp3) is 0.500. The summed E-state index contributed by atoms with van der Waals surface area (Å²) in [5.74, 6) is 1.00. The van der Waals surface area contributed by atoms with Crippen LogP contribution in [0.25, 0.3) is 0 Å². The number of esters is 1. The molecule has 1 atom stereocenters. The third kappa shape index (κ3) is 3.19. The second-order valence-corrected chi connectivity index (χ2v) is 6.68. The molecule has 1 fully saturated rings. The largest absolute Gasteiger partial charge is 0.478 e. The minimum absolute atomic E-state index is 0.108. The number of methoxy groups -OCH3 is 1. The van der Waals surface area contributed by atoms with Gasteiger partial charge in [-0.05, 0) is 26.7 Å². The van der Waals surface area contributed by atoms with E-state index >= 15 is 0 Å². The molecule has 0 saturated carbocycles. The van der Waals surface area contributed by atoms with E-state index in [9.17, 15) is 4.79 Å². The number of rotatable bonds is 5. The predicted octanol–water partition coefficient (Wildman–Crippen LogP) is 2.77. The highest BCUT2D eigenvalue weighted by Crippen LogP contribution is 2.38. The first-order valence-corrected chi connectivity index (χ1v) is 8.72. The number of carbonyl (C=O) groups excluding carboxylic acids is 1. The summed E-state index contributed by atoms with van der Waals surface area (Å²) < 4.78 is 10.3. The minimum atomic E-state index is -0.389. The fourth-order valence-corrected chi connectivity index (χ4v) is 3.91. The van der Waals surface area contributed by atoms with E-state index in [4.69, 9.17) is 9.47 Å². The second kappa shape index (κ2) is 7.12. The molecule has 2 aromatic rings. The molecule has 24 heavy (non-hydrogen) atoms. The standard InChI is InChI=1S/C16H20N4O3S/c1-4-23-13-8-12(17-9-18-13)20-7-5-6-11(20)15-19-14(10(2)24-15)16(21)22-3/h8-9,11H,4-7H2,1-3H3. The highest BCUT2D eigenvalue weighted by Gasteiger charge is 2.31. The maximum atomic E-state index is 11.8. The zero-order valence-corrected chi connectivity index (χ0v) is 14.8. The van der Waals surface area contributed by atoms with Crippen molar-refractivity contribution >= 4 is 23.1 Å². The van der Waals surface area contributed by atoms with Crippen LogP contribution in [0.15, 0.2) is 12.4 Å². The quantitative estimate of drug-likeness (QED) is 0.769. The third-order valence-electron chi connectivity index (χ3n) is 3.94. The Labute approximate surface area is 144 Å². The number of nitrogens with zero attached hydrogens (tertiary/aromatic N) is 4. The van der Waals surface area contributed by atoms with Crippen LogP contribution in [0, 0.1) is 6.92 Å². The molecule has 1 aliphatic heterocycles. The normalized spacial score (nSPS) is 17.1. The van der Waals surface area contributed by atoms with Crippen LogP contribution in [0.1, 0.15) is 46.2 Å². The molecule has 1 unspecified atom stereocenters. The van der Waals surface area contributed by atoms with Gasteiger partial charge in [0.05, 0.1) is 19.8 Å². The van der Waals surface area contributed by atoms with Crippen molar-refractivity contribution in [1.82, 2.24) is 15.0 Å². The van der Waals surface area contributed by atoms with Gasteiger partial charge in [-0.25, -0.2) is 19.7 Å². The van der Waals surface area contributed by atoms with Crippen LogP contribution in [0.2, 0.25) is 0 Å². The first-order valence-electron chi connectivity index (χ1n) is 7.91. The molecule has 1 aliphatic rings. The van der Waals surface area contributed by atoms with Crippen LogP contribution in [-0.2, 0) is 4.74 Å². The Kier molecular flexibility index (Phi) is 4.94.